The lowest BCUT2D eigenvalue weighted by Crippen LogP contribution is -2.48. The van der Waals surface area contributed by atoms with E-state index in [0.717, 1.165) is 24.7 Å². The first-order valence-corrected chi connectivity index (χ1v) is 9.24. The van der Waals surface area contributed by atoms with Crippen molar-refractivity contribution in [1.29, 1.82) is 0 Å². The first kappa shape index (κ1) is 16.0. The van der Waals surface area contributed by atoms with E-state index in [1.807, 2.05) is 19.9 Å². The fourth-order valence-corrected chi connectivity index (χ4v) is 5.86. The molecule has 1 spiro atoms. The van der Waals surface area contributed by atoms with E-state index < -0.39 is 0 Å². The van der Waals surface area contributed by atoms with Gasteiger partial charge in [-0.2, -0.15) is 0 Å². The maximum absolute atomic E-state index is 11.9. The van der Waals surface area contributed by atoms with Gasteiger partial charge in [-0.1, -0.05) is 13.0 Å². The Kier molecular flexibility index (Phi) is 4.56. The minimum Gasteiger partial charge on any atom is -0.300 e. The van der Waals surface area contributed by atoms with Crippen LogP contribution in [-0.4, -0.2) is 11.6 Å². The summed E-state index contributed by atoms with van der Waals surface area (Å²) in [5.41, 5.74) is 0.562. The van der Waals surface area contributed by atoms with Crippen molar-refractivity contribution in [1.82, 2.24) is 0 Å². The van der Waals surface area contributed by atoms with Crippen LogP contribution in [0.5, 0.6) is 0 Å². The highest BCUT2D eigenvalue weighted by atomic mass is 16.1. The highest BCUT2D eigenvalue weighted by Crippen LogP contribution is 2.68. The Morgan fingerprint density at radius 1 is 1.09 bits per heavy atom. The molecule has 0 amide bonds. The predicted octanol–water partition coefficient (Wildman–Crippen LogP) is 4.72. The molecule has 0 radical (unpaired) electrons. The van der Waals surface area contributed by atoms with Crippen LogP contribution in [0, 0.1) is 29.1 Å². The average Bonchev–Trinajstić information content (AvgIpc) is 2.83. The third-order valence-corrected chi connectivity index (χ3v) is 6.86. The van der Waals surface area contributed by atoms with Gasteiger partial charge < -0.3 is 0 Å². The summed E-state index contributed by atoms with van der Waals surface area (Å²) < 4.78 is 0. The molecule has 2 nitrogen and oxygen atoms in total. The van der Waals surface area contributed by atoms with Gasteiger partial charge in [0.25, 0.3) is 0 Å². The van der Waals surface area contributed by atoms with Crippen LogP contribution in [0.2, 0.25) is 0 Å². The molecular formula is C20H30O2. The molecule has 0 aromatic heterocycles. The second-order valence-electron chi connectivity index (χ2n) is 8.08. The van der Waals surface area contributed by atoms with E-state index in [0.29, 0.717) is 35.2 Å². The Bertz CT molecular complexity index is 478. The second-order valence-corrected chi connectivity index (χ2v) is 8.08. The summed E-state index contributed by atoms with van der Waals surface area (Å²) >= 11 is 0. The van der Waals surface area contributed by atoms with Crippen molar-refractivity contribution in [3.8, 4) is 0 Å². The van der Waals surface area contributed by atoms with Gasteiger partial charge in [-0.3, -0.25) is 9.59 Å². The van der Waals surface area contributed by atoms with Crippen molar-refractivity contribution >= 4 is 11.6 Å². The fraction of sp³-hybridized carbons (Fsp3) is 0.800. The van der Waals surface area contributed by atoms with Gasteiger partial charge in [0.15, 0.2) is 5.78 Å². The van der Waals surface area contributed by atoms with Gasteiger partial charge in [-0.25, -0.2) is 0 Å². The van der Waals surface area contributed by atoms with Crippen LogP contribution in [0.25, 0.3) is 0 Å². The third-order valence-electron chi connectivity index (χ3n) is 6.86. The quantitative estimate of drug-likeness (QED) is 0.665. The van der Waals surface area contributed by atoms with E-state index in [9.17, 15) is 9.59 Å². The minimum absolute atomic E-state index is 0.302. The van der Waals surface area contributed by atoms with Crippen LogP contribution in [0.3, 0.4) is 0 Å². The topological polar surface area (TPSA) is 34.1 Å². The first-order valence-electron chi connectivity index (χ1n) is 9.24. The molecule has 2 heteroatoms. The van der Waals surface area contributed by atoms with Crippen molar-refractivity contribution in [3.05, 3.63) is 12.2 Å². The van der Waals surface area contributed by atoms with Gasteiger partial charge in [-0.15, -0.1) is 0 Å². The van der Waals surface area contributed by atoms with Crippen LogP contribution in [0.1, 0.15) is 71.6 Å². The number of hydrogen-bond donors (Lipinski definition) is 0. The number of Topliss-reactive ketones (excluding diaryl/α,β-unsaturated/α-hetero) is 1. The third kappa shape index (κ3) is 2.81. The van der Waals surface area contributed by atoms with Crippen LogP contribution in [0.4, 0.5) is 0 Å². The predicted molar refractivity (Wildman–Crippen MR) is 88.4 cm³/mol. The Morgan fingerprint density at radius 3 is 2.45 bits per heavy atom. The molecule has 0 aliphatic heterocycles. The smallest absolute Gasteiger partial charge is 0.155 e. The van der Waals surface area contributed by atoms with E-state index in [1.165, 1.54) is 38.5 Å². The number of carbonyl (C=O) groups is 2. The molecule has 0 aromatic rings. The largest absolute Gasteiger partial charge is 0.300 e. The molecule has 0 aromatic carbocycles. The number of rotatable bonds is 6. The molecule has 0 heterocycles. The molecular weight excluding hydrogens is 272 g/mol. The maximum atomic E-state index is 11.9. The summed E-state index contributed by atoms with van der Waals surface area (Å²) in [6.45, 7) is 3.90. The van der Waals surface area contributed by atoms with Crippen LogP contribution < -0.4 is 0 Å². The average molecular weight is 302 g/mol. The Hall–Kier alpha value is -0.920. The number of allylic oxidation sites excluding steroid dienone is 2. The molecule has 0 N–H and O–H groups in total. The first-order chi connectivity index (χ1) is 10.6. The zero-order valence-electron chi connectivity index (χ0n) is 14.1. The van der Waals surface area contributed by atoms with Gasteiger partial charge in [0.2, 0.25) is 0 Å². The summed E-state index contributed by atoms with van der Waals surface area (Å²) in [4.78, 5) is 23.7. The van der Waals surface area contributed by atoms with Crippen LogP contribution in [-0.2, 0) is 9.59 Å². The van der Waals surface area contributed by atoms with Gasteiger partial charge in [0.05, 0.1) is 0 Å². The molecule has 3 aliphatic carbocycles. The molecule has 0 bridgehead atoms. The monoisotopic (exact) mass is 302 g/mol. The lowest BCUT2D eigenvalue weighted by atomic mass is 9.48. The molecule has 3 rings (SSSR count). The summed E-state index contributed by atoms with van der Waals surface area (Å²) in [5.74, 6) is 3.60. The van der Waals surface area contributed by atoms with Crippen molar-refractivity contribution in [3.63, 3.8) is 0 Å². The summed E-state index contributed by atoms with van der Waals surface area (Å²) in [6.07, 6.45) is 13.6. The van der Waals surface area contributed by atoms with Crippen molar-refractivity contribution < 1.29 is 9.59 Å². The number of hydrogen-bond acceptors (Lipinski definition) is 2. The van der Waals surface area contributed by atoms with Crippen molar-refractivity contribution in [2.45, 2.75) is 71.6 Å². The lowest BCUT2D eigenvalue weighted by Gasteiger charge is -2.57. The number of ketones is 2. The Balaban J connectivity index is 1.63. The minimum atomic E-state index is 0.302. The normalized spacial score (nSPS) is 40.1. The molecule has 122 valence electrons. The van der Waals surface area contributed by atoms with E-state index in [2.05, 4.69) is 0 Å². The van der Waals surface area contributed by atoms with Crippen LogP contribution in [0.15, 0.2) is 12.2 Å². The van der Waals surface area contributed by atoms with Crippen LogP contribution >= 0.6 is 0 Å². The number of carbonyl (C=O) groups excluding carboxylic acids is 2. The summed E-state index contributed by atoms with van der Waals surface area (Å²) in [5, 5.41) is 0. The highest BCUT2D eigenvalue weighted by Gasteiger charge is 2.59. The molecule has 5 atom stereocenters. The van der Waals surface area contributed by atoms with Gasteiger partial charge in [0.1, 0.15) is 5.78 Å². The molecule has 22 heavy (non-hydrogen) atoms. The van der Waals surface area contributed by atoms with Gasteiger partial charge >= 0.3 is 0 Å². The summed E-state index contributed by atoms with van der Waals surface area (Å²) in [6, 6.07) is 0. The van der Waals surface area contributed by atoms with E-state index in [-0.39, 0.29) is 0 Å². The van der Waals surface area contributed by atoms with Crippen molar-refractivity contribution in [2.75, 3.05) is 0 Å². The lowest BCUT2D eigenvalue weighted by molar-refractivity contribution is -0.122. The van der Waals surface area contributed by atoms with E-state index >= 15 is 0 Å². The zero-order valence-corrected chi connectivity index (χ0v) is 14.1. The van der Waals surface area contributed by atoms with E-state index in [4.69, 9.17) is 0 Å². The molecule has 3 aliphatic rings. The zero-order chi connectivity index (χ0) is 15.7. The second kappa shape index (κ2) is 6.29. The molecule has 3 fully saturated rings. The summed E-state index contributed by atoms with van der Waals surface area (Å²) in [7, 11) is 0. The Morgan fingerprint density at radius 2 is 1.82 bits per heavy atom. The molecule has 5 unspecified atom stereocenters. The van der Waals surface area contributed by atoms with Gasteiger partial charge in [0, 0.05) is 19.3 Å². The van der Waals surface area contributed by atoms with Gasteiger partial charge in [-0.05, 0) is 80.6 Å². The highest BCUT2D eigenvalue weighted by molar-refractivity contribution is 5.89. The van der Waals surface area contributed by atoms with Crippen molar-refractivity contribution in [2.24, 2.45) is 29.1 Å². The Labute approximate surface area is 134 Å². The van der Waals surface area contributed by atoms with E-state index in [1.54, 1.807) is 6.08 Å². The molecule has 0 saturated heterocycles. The maximum Gasteiger partial charge on any atom is 0.155 e. The standard InChI is InChI=1S/C20H30O2/c1-3-5-19(22)12-15-10-17-9-14(11-18(21)4-2)8-16-6-7-20(16,17)13-15/h3,5,14-17H,4,6-13H2,1-2H3/b5-3-. The molecule has 3 saturated carbocycles. The fourth-order valence-electron chi connectivity index (χ4n) is 5.86. The SMILES string of the molecule is C/C=C\C(=O)CC1CC2CC(CC(=O)CC)CC3CCC32C1.